The summed E-state index contributed by atoms with van der Waals surface area (Å²) >= 11 is 0.428. The molecule has 2 rings (SSSR count). The lowest BCUT2D eigenvalue weighted by molar-refractivity contribution is -0.115. The van der Waals surface area contributed by atoms with E-state index in [2.05, 4.69) is 5.32 Å². The lowest BCUT2D eigenvalue weighted by Gasteiger charge is -2.11. The van der Waals surface area contributed by atoms with Gasteiger partial charge in [0.1, 0.15) is 0 Å². The highest BCUT2D eigenvalue weighted by Gasteiger charge is 2.12. The second kappa shape index (κ2) is 7.22. The zero-order valence-corrected chi connectivity index (χ0v) is 12.3. The highest BCUT2D eigenvalue weighted by Crippen LogP contribution is 2.31. The van der Waals surface area contributed by atoms with Crippen LogP contribution in [0.25, 0.3) is 0 Å². The molecule has 0 spiro atoms. The Morgan fingerprint density at radius 2 is 1.81 bits per heavy atom. The molecule has 0 aliphatic rings. The summed E-state index contributed by atoms with van der Waals surface area (Å²) in [6, 6.07) is 14.2. The first-order valence-electron chi connectivity index (χ1n) is 6.44. The van der Waals surface area contributed by atoms with E-state index in [-0.39, 0.29) is 12.3 Å². The zero-order chi connectivity index (χ0) is 15.2. The smallest absolute Gasteiger partial charge is 0.288 e. The van der Waals surface area contributed by atoms with Gasteiger partial charge in [0.15, 0.2) is 0 Å². The van der Waals surface area contributed by atoms with Crippen molar-refractivity contribution in [3.8, 4) is 0 Å². The number of benzene rings is 2. The molecule has 0 atom stereocenters. The lowest BCUT2D eigenvalue weighted by Crippen LogP contribution is -2.15. The number of hydrogen-bond acceptors (Lipinski definition) is 2. The molecule has 0 aromatic heterocycles. The Bertz CT molecular complexity index is 631. The standard InChI is InChI=1S/C16H15F2NOS/c1-11-6-2-3-7-12(11)10-15(20)19-13-8-4-5-9-14(13)21-16(17)18/h2-9,16H,10H2,1H3,(H,19,20). The molecule has 5 heteroatoms. The molecule has 0 aliphatic heterocycles. The summed E-state index contributed by atoms with van der Waals surface area (Å²) in [6.07, 6.45) is 0.223. The molecule has 0 heterocycles. The van der Waals surface area contributed by atoms with E-state index in [1.807, 2.05) is 31.2 Å². The summed E-state index contributed by atoms with van der Waals surface area (Å²) < 4.78 is 25.0. The van der Waals surface area contributed by atoms with Crippen molar-refractivity contribution in [1.29, 1.82) is 0 Å². The first-order chi connectivity index (χ1) is 10.1. The van der Waals surface area contributed by atoms with E-state index >= 15 is 0 Å². The van der Waals surface area contributed by atoms with Gasteiger partial charge in [-0.2, -0.15) is 8.78 Å². The van der Waals surface area contributed by atoms with Crippen molar-refractivity contribution in [3.05, 3.63) is 59.7 Å². The fourth-order valence-electron chi connectivity index (χ4n) is 1.94. The van der Waals surface area contributed by atoms with Crippen LogP contribution in [0.15, 0.2) is 53.4 Å². The highest BCUT2D eigenvalue weighted by molar-refractivity contribution is 7.99. The van der Waals surface area contributed by atoms with Gasteiger partial charge in [0.2, 0.25) is 5.91 Å². The van der Waals surface area contributed by atoms with Gasteiger partial charge < -0.3 is 5.32 Å². The Labute approximate surface area is 126 Å². The average molecular weight is 307 g/mol. The number of amides is 1. The number of hydrogen-bond donors (Lipinski definition) is 1. The second-order valence-electron chi connectivity index (χ2n) is 4.53. The molecule has 2 aromatic rings. The fraction of sp³-hybridized carbons (Fsp3) is 0.188. The van der Waals surface area contributed by atoms with Gasteiger partial charge in [-0.25, -0.2) is 0 Å². The van der Waals surface area contributed by atoms with Gasteiger partial charge in [-0.3, -0.25) is 4.79 Å². The van der Waals surface area contributed by atoms with Gasteiger partial charge in [-0.15, -0.1) is 0 Å². The molecule has 21 heavy (non-hydrogen) atoms. The predicted octanol–water partition coefficient (Wildman–Crippen LogP) is 4.49. The van der Waals surface area contributed by atoms with Crippen LogP contribution in [0.3, 0.4) is 0 Å². The molecule has 0 fully saturated rings. The Morgan fingerprint density at radius 1 is 1.14 bits per heavy atom. The maximum absolute atomic E-state index is 12.5. The number of alkyl halides is 2. The minimum atomic E-state index is -2.51. The highest BCUT2D eigenvalue weighted by atomic mass is 32.2. The van der Waals surface area contributed by atoms with Crippen LogP contribution in [-0.4, -0.2) is 11.7 Å². The van der Waals surface area contributed by atoms with E-state index in [1.54, 1.807) is 24.3 Å². The minimum Gasteiger partial charge on any atom is -0.325 e. The maximum Gasteiger partial charge on any atom is 0.288 e. The number of carbonyl (C=O) groups excluding carboxylic acids is 1. The summed E-state index contributed by atoms with van der Waals surface area (Å²) in [6.45, 7) is 1.93. The molecule has 110 valence electrons. The molecule has 0 unspecified atom stereocenters. The molecule has 0 saturated carbocycles. The average Bonchev–Trinajstić information content (AvgIpc) is 2.43. The Kier molecular flexibility index (Phi) is 5.33. The van der Waals surface area contributed by atoms with E-state index in [0.29, 0.717) is 22.3 Å². The van der Waals surface area contributed by atoms with Crippen molar-refractivity contribution in [2.45, 2.75) is 24.0 Å². The van der Waals surface area contributed by atoms with Crippen LogP contribution in [0, 0.1) is 6.92 Å². The van der Waals surface area contributed by atoms with E-state index in [0.717, 1.165) is 11.1 Å². The molecule has 1 N–H and O–H groups in total. The third-order valence-electron chi connectivity index (χ3n) is 2.99. The Morgan fingerprint density at radius 3 is 2.52 bits per heavy atom. The zero-order valence-electron chi connectivity index (χ0n) is 11.5. The number of rotatable bonds is 5. The molecular formula is C16H15F2NOS. The van der Waals surface area contributed by atoms with Crippen molar-refractivity contribution >= 4 is 23.4 Å². The largest absolute Gasteiger partial charge is 0.325 e. The van der Waals surface area contributed by atoms with Gasteiger partial charge in [0.05, 0.1) is 12.1 Å². The number of aryl methyl sites for hydroxylation is 1. The third kappa shape index (κ3) is 4.56. The van der Waals surface area contributed by atoms with Crippen LogP contribution in [0.1, 0.15) is 11.1 Å². The molecular weight excluding hydrogens is 292 g/mol. The van der Waals surface area contributed by atoms with Gasteiger partial charge in [0, 0.05) is 4.90 Å². The number of thioether (sulfide) groups is 1. The topological polar surface area (TPSA) is 29.1 Å². The van der Waals surface area contributed by atoms with E-state index < -0.39 is 5.76 Å². The van der Waals surface area contributed by atoms with Crippen LogP contribution in [0.5, 0.6) is 0 Å². The van der Waals surface area contributed by atoms with Crippen molar-refractivity contribution in [2.75, 3.05) is 5.32 Å². The van der Waals surface area contributed by atoms with Gasteiger partial charge in [0.25, 0.3) is 5.76 Å². The lowest BCUT2D eigenvalue weighted by atomic mass is 10.1. The molecule has 0 aliphatic carbocycles. The van der Waals surface area contributed by atoms with Crippen molar-refractivity contribution in [3.63, 3.8) is 0 Å². The van der Waals surface area contributed by atoms with E-state index in [1.165, 1.54) is 0 Å². The first kappa shape index (κ1) is 15.5. The van der Waals surface area contributed by atoms with Gasteiger partial charge in [-0.1, -0.05) is 48.2 Å². The number of anilines is 1. The number of para-hydroxylation sites is 1. The monoisotopic (exact) mass is 307 g/mol. The van der Waals surface area contributed by atoms with Crippen molar-refractivity contribution in [2.24, 2.45) is 0 Å². The van der Waals surface area contributed by atoms with Crippen molar-refractivity contribution in [1.82, 2.24) is 0 Å². The van der Waals surface area contributed by atoms with Crippen molar-refractivity contribution < 1.29 is 13.6 Å². The molecule has 0 bridgehead atoms. The molecule has 2 aromatic carbocycles. The SMILES string of the molecule is Cc1ccccc1CC(=O)Nc1ccccc1SC(F)F. The summed E-state index contributed by atoms with van der Waals surface area (Å²) in [5.74, 6) is -2.73. The predicted molar refractivity (Wildman–Crippen MR) is 81.8 cm³/mol. The quantitative estimate of drug-likeness (QED) is 0.825. The Balaban J connectivity index is 2.08. The number of nitrogens with one attached hydrogen (secondary N) is 1. The molecule has 2 nitrogen and oxygen atoms in total. The summed E-state index contributed by atoms with van der Waals surface area (Å²) in [5, 5.41) is 2.70. The minimum absolute atomic E-state index is 0.216. The summed E-state index contributed by atoms with van der Waals surface area (Å²) in [4.78, 5) is 12.4. The number of carbonyl (C=O) groups is 1. The van der Waals surface area contributed by atoms with E-state index in [9.17, 15) is 13.6 Å². The van der Waals surface area contributed by atoms with Crippen LogP contribution in [-0.2, 0) is 11.2 Å². The van der Waals surface area contributed by atoms with Crippen LogP contribution in [0.2, 0.25) is 0 Å². The normalized spacial score (nSPS) is 10.7. The van der Waals surface area contributed by atoms with Crippen LogP contribution in [0.4, 0.5) is 14.5 Å². The maximum atomic E-state index is 12.5. The van der Waals surface area contributed by atoms with Gasteiger partial charge >= 0.3 is 0 Å². The number of halogens is 2. The first-order valence-corrected chi connectivity index (χ1v) is 7.32. The van der Waals surface area contributed by atoms with Gasteiger partial charge in [-0.05, 0) is 30.2 Å². The summed E-state index contributed by atoms with van der Waals surface area (Å²) in [7, 11) is 0. The molecule has 1 amide bonds. The Hall–Kier alpha value is -1.88. The van der Waals surface area contributed by atoms with Crippen LogP contribution >= 0.6 is 11.8 Å². The third-order valence-corrected chi connectivity index (χ3v) is 3.78. The fourth-order valence-corrected chi connectivity index (χ4v) is 2.54. The van der Waals surface area contributed by atoms with Crippen LogP contribution < -0.4 is 5.32 Å². The molecule has 0 saturated heterocycles. The second-order valence-corrected chi connectivity index (χ2v) is 5.56. The van der Waals surface area contributed by atoms with E-state index in [4.69, 9.17) is 0 Å². The summed E-state index contributed by atoms with van der Waals surface area (Å²) in [5.41, 5.74) is 2.37. The molecule has 0 radical (unpaired) electrons.